The maximum Gasteiger partial charge on any atom is 0.325 e. The molecule has 0 saturated heterocycles. The van der Waals surface area contributed by atoms with Gasteiger partial charge in [0.25, 0.3) is 0 Å². The second-order valence-corrected chi connectivity index (χ2v) is 9.73. The fourth-order valence-electron chi connectivity index (χ4n) is 4.12. The minimum atomic E-state index is -4.03. The van der Waals surface area contributed by atoms with Crippen LogP contribution >= 0.6 is 0 Å². The zero-order chi connectivity index (χ0) is 22.8. The smallest absolute Gasteiger partial charge is 0.325 e. The summed E-state index contributed by atoms with van der Waals surface area (Å²) in [6.07, 6.45) is 0.816. The lowest BCUT2D eigenvalue weighted by atomic mass is 9.98. The van der Waals surface area contributed by atoms with Gasteiger partial charge in [0.2, 0.25) is 0 Å². The highest BCUT2D eigenvalue weighted by atomic mass is 32.2. The molecule has 3 rings (SSSR count). The molecule has 0 radical (unpaired) electrons. The Kier molecular flexibility index (Phi) is 6.55. The van der Waals surface area contributed by atoms with Crippen LogP contribution in [0.2, 0.25) is 0 Å². The molecule has 0 bridgehead atoms. The molecule has 31 heavy (non-hydrogen) atoms. The average molecular weight is 445 g/mol. The van der Waals surface area contributed by atoms with Crippen LogP contribution in [0.15, 0.2) is 53.4 Å². The molecule has 0 N–H and O–H groups in total. The van der Waals surface area contributed by atoms with Gasteiger partial charge in [-0.2, -0.15) is 0 Å². The molecule has 0 aromatic heterocycles. The highest BCUT2D eigenvalue weighted by Gasteiger charge is 2.81. The minimum Gasteiger partial charge on any atom is -0.465 e. The second-order valence-electron chi connectivity index (χ2n) is 7.66. The lowest BCUT2D eigenvalue weighted by Crippen LogP contribution is -2.35. The average Bonchev–Trinajstić information content (AvgIpc) is 3.47. The standard InChI is InChI=1S/C24H28O6S/c1-5-17-10-12-18(13-11-17)20-21(31(27,28)19-14-8-16(4)9-15-19)24(20,22(25)29-6-2)23(26)30-7-3/h8-15,20-21H,5-7H2,1-4H3/t20-,21-/m0/s1. The summed E-state index contributed by atoms with van der Waals surface area (Å²) in [5.74, 6) is -2.61. The lowest BCUT2D eigenvalue weighted by Gasteiger charge is -2.15. The van der Waals surface area contributed by atoms with Gasteiger partial charge in [-0.15, -0.1) is 0 Å². The molecule has 1 aliphatic carbocycles. The van der Waals surface area contributed by atoms with Gasteiger partial charge in [0.1, 0.15) is 5.25 Å². The Morgan fingerprint density at radius 3 is 1.84 bits per heavy atom. The van der Waals surface area contributed by atoms with Gasteiger partial charge in [-0.3, -0.25) is 9.59 Å². The van der Waals surface area contributed by atoms with E-state index >= 15 is 0 Å². The Balaban J connectivity index is 2.18. The van der Waals surface area contributed by atoms with Crippen molar-refractivity contribution in [2.75, 3.05) is 13.2 Å². The van der Waals surface area contributed by atoms with Crippen LogP contribution in [0.25, 0.3) is 0 Å². The van der Waals surface area contributed by atoms with E-state index in [1.54, 1.807) is 38.1 Å². The molecular formula is C24H28O6S. The van der Waals surface area contributed by atoms with E-state index in [0.717, 1.165) is 17.5 Å². The molecule has 0 amide bonds. The first-order valence-corrected chi connectivity index (χ1v) is 12.0. The van der Waals surface area contributed by atoms with Crippen molar-refractivity contribution in [3.05, 3.63) is 65.2 Å². The van der Waals surface area contributed by atoms with E-state index in [9.17, 15) is 18.0 Å². The largest absolute Gasteiger partial charge is 0.465 e. The third-order valence-corrected chi connectivity index (χ3v) is 8.03. The maximum atomic E-state index is 13.6. The quantitative estimate of drug-likeness (QED) is 0.457. The van der Waals surface area contributed by atoms with Gasteiger partial charge in [-0.05, 0) is 50.5 Å². The molecule has 0 aliphatic heterocycles. The Morgan fingerprint density at radius 1 is 0.871 bits per heavy atom. The van der Waals surface area contributed by atoms with Crippen molar-refractivity contribution >= 4 is 21.8 Å². The normalized spacial score (nSPS) is 19.5. The van der Waals surface area contributed by atoms with Crippen molar-refractivity contribution in [2.45, 2.75) is 50.2 Å². The zero-order valence-corrected chi connectivity index (χ0v) is 19.1. The van der Waals surface area contributed by atoms with E-state index in [1.165, 1.54) is 12.1 Å². The summed E-state index contributed by atoms with van der Waals surface area (Å²) in [5, 5.41) is -1.30. The third kappa shape index (κ3) is 3.87. The number of esters is 2. The predicted molar refractivity (Wildman–Crippen MR) is 116 cm³/mol. The fraction of sp³-hybridized carbons (Fsp3) is 0.417. The molecule has 1 saturated carbocycles. The van der Waals surface area contributed by atoms with E-state index in [4.69, 9.17) is 9.47 Å². The zero-order valence-electron chi connectivity index (χ0n) is 18.3. The van der Waals surface area contributed by atoms with E-state index in [1.807, 2.05) is 26.0 Å². The van der Waals surface area contributed by atoms with Crippen LogP contribution in [0, 0.1) is 12.3 Å². The third-order valence-electron chi connectivity index (χ3n) is 5.79. The SMILES string of the molecule is CCOC(=O)C1(C(=O)OCC)[C@@H](c2ccc(CC)cc2)[C@@H]1S(=O)(=O)c1ccc(C)cc1. The van der Waals surface area contributed by atoms with Crippen LogP contribution in [0.4, 0.5) is 0 Å². The summed E-state index contributed by atoms with van der Waals surface area (Å²) in [6.45, 7) is 7.16. The number of carbonyl (C=O) groups excluding carboxylic acids is 2. The Morgan fingerprint density at radius 2 is 1.39 bits per heavy atom. The van der Waals surface area contributed by atoms with Crippen molar-refractivity contribution in [1.29, 1.82) is 0 Å². The molecule has 2 aromatic carbocycles. The first-order valence-electron chi connectivity index (χ1n) is 10.5. The molecule has 2 aromatic rings. The number of sulfone groups is 1. The van der Waals surface area contributed by atoms with Crippen LogP contribution in [0.3, 0.4) is 0 Å². The van der Waals surface area contributed by atoms with Crippen LogP contribution in [-0.2, 0) is 35.3 Å². The van der Waals surface area contributed by atoms with Gasteiger partial charge in [-0.1, -0.05) is 48.9 Å². The first kappa shape index (κ1) is 23.0. The number of hydrogen-bond donors (Lipinski definition) is 0. The maximum absolute atomic E-state index is 13.6. The molecule has 2 atom stereocenters. The molecule has 1 aliphatic rings. The Hall–Kier alpha value is -2.67. The topological polar surface area (TPSA) is 86.7 Å². The minimum absolute atomic E-state index is 0.0266. The van der Waals surface area contributed by atoms with Gasteiger partial charge in [-0.25, -0.2) is 8.42 Å². The number of ether oxygens (including phenoxy) is 2. The number of carbonyl (C=O) groups is 2. The summed E-state index contributed by atoms with van der Waals surface area (Å²) in [4.78, 5) is 26.3. The van der Waals surface area contributed by atoms with Gasteiger partial charge >= 0.3 is 11.9 Å². The van der Waals surface area contributed by atoms with Gasteiger partial charge in [0.15, 0.2) is 15.3 Å². The molecule has 0 unspecified atom stereocenters. The van der Waals surface area contributed by atoms with E-state index in [0.29, 0.717) is 5.56 Å². The van der Waals surface area contributed by atoms with E-state index < -0.39 is 38.4 Å². The van der Waals surface area contributed by atoms with Crippen molar-refractivity contribution in [3.63, 3.8) is 0 Å². The van der Waals surface area contributed by atoms with E-state index in [-0.39, 0.29) is 18.1 Å². The van der Waals surface area contributed by atoms with Gasteiger partial charge in [0, 0.05) is 5.92 Å². The summed E-state index contributed by atoms with van der Waals surface area (Å²) >= 11 is 0. The molecule has 0 spiro atoms. The van der Waals surface area contributed by atoms with E-state index in [2.05, 4.69) is 0 Å². The van der Waals surface area contributed by atoms with Crippen molar-refractivity contribution in [3.8, 4) is 0 Å². The van der Waals surface area contributed by atoms with Gasteiger partial charge in [0.05, 0.1) is 18.1 Å². The summed E-state index contributed by atoms with van der Waals surface area (Å²) < 4.78 is 37.7. The molecule has 1 fully saturated rings. The van der Waals surface area contributed by atoms with Gasteiger partial charge < -0.3 is 9.47 Å². The summed E-state index contributed by atoms with van der Waals surface area (Å²) in [5.41, 5.74) is 0.645. The molecule has 166 valence electrons. The Labute approximate surface area is 183 Å². The summed E-state index contributed by atoms with van der Waals surface area (Å²) in [7, 11) is -4.03. The van der Waals surface area contributed by atoms with Crippen molar-refractivity contribution in [2.24, 2.45) is 5.41 Å². The van der Waals surface area contributed by atoms with Crippen LogP contribution < -0.4 is 0 Å². The fourth-order valence-corrected chi connectivity index (χ4v) is 6.41. The molecule has 7 heteroatoms. The molecule has 6 nitrogen and oxygen atoms in total. The highest BCUT2D eigenvalue weighted by Crippen LogP contribution is 2.65. The van der Waals surface area contributed by atoms with Crippen LogP contribution in [-0.4, -0.2) is 38.8 Å². The van der Waals surface area contributed by atoms with Crippen molar-refractivity contribution in [1.82, 2.24) is 0 Å². The predicted octanol–water partition coefficient (Wildman–Crippen LogP) is 3.61. The second kappa shape index (κ2) is 8.83. The molecule has 0 heterocycles. The Bertz CT molecular complexity index is 1040. The highest BCUT2D eigenvalue weighted by molar-refractivity contribution is 7.92. The molecular weight excluding hydrogens is 416 g/mol. The monoisotopic (exact) mass is 444 g/mol. The number of hydrogen-bond acceptors (Lipinski definition) is 6. The lowest BCUT2D eigenvalue weighted by molar-refractivity contribution is -0.164. The van der Waals surface area contributed by atoms with Crippen LogP contribution in [0.5, 0.6) is 0 Å². The summed E-state index contributed by atoms with van der Waals surface area (Å²) in [6, 6.07) is 13.7. The number of rotatable bonds is 8. The number of benzene rings is 2. The van der Waals surface area contributed by atoms with Crippen molar-refractivity contribution < 1.29 is 27.5 Å². The first-order chi connectivity index (χ1) is 14.7. The number of aryl methyl sites for hydroxylation is 2. The van der Waals surface area contributed by atoms with Crippen LogP contribution in [0.1, 0.15) is 43.4 Å².